The molecule has 0 unspecified atom stereocenters. The molecule has 18 heavy (non-hydrogen) atoms. The second-order valence-corrected chi connectivity index (χ2v) is 4.07. The van der Waals surface area contributed by atoms with Crippen LogP contribution in [0.15, 0.2) is 48.5 Å². The first-order valence-electron chi connectivity index (χ1n) is 5.46. The minimum atomic E-state index is -4.35. The molecule has 0 saturated heterocycles. The Kier molecular flexibility index (Phi) is 3.28. The highest BCUT2D eigenvalue weighted by atomic mass is 19.4. The molecule has 0 amide bonds. The number of nitrogen functional groups attached to an aromatic ring is 1. The van der Waals surface area contributed by atoms with Gasteiger partial charge in [-0.3, -0.25) is 0 Å². The van der Waals surface area contributed by atoms with E-state index in [9.17, 15) is 13.2 Å². The number of hydrogen-bond acceptors (Lipinski definition) is 1. The lowest BCUT2D eigenvalue weighted by Gasteiger charge is -2.10. The molecule has 1 nitrogen and oxygen atoms in total. The van der Waals surface area contributed by atoms with Gasteiger partial charge in [0.1, 0.15) is 0 Å². The van der Waals surface area contributed by atoms with E-state index in [-0.39, 0.29) is 5.69 Å². The standard InChI is InChI=1S/C14H12F3N/c15-14(16,17)12-7-6-11(13(18)9-12)8-10-4-2-1-3-5-10/h1-7,9H,8,18H2. The van der Waals surface area contributed by atoms with E-state index in [1.54, 1.807) is 0 Å². The summed E-state index contributed by atoms with van der Waals surface area (Å²) in [5.41, 5.74) is 6.85. The van der Waals surface area contributed by atoms with Crippen LogP contribution < -0.4 is 5.73 Å². The summed E-state index contributed by atoms with van der Waals surface area (Å²) in [6.45, 7) is 0. The first-order valence-corrected chi connectivity index (χ1v) is 5.46. The summed E-state index contributed by atoms with van der Waals surface area (Å²) in [5.74, 6) is 0. The second-order valence-electron chi connectivity index (χ2n) is 4.07. The van der Waals surface area contributed by atoms with Crippen LogP contribution in [0.25, 0.3) is 0 Å². The first-order chi connectivity index (χ1) is 8.47. The fraction of sp³-hybridized carbons (Fsp3) is 0.143. The third-order valence-corrected chi connectivity index (χ3v) is 2.71. The molecule has 0 fully saturated rings. The molecule has 0 heterocycles. The van der Waals surface area contributed by atoms with Gasteiger partial charge in [-0.15, -0.1) is 0 Å². The van der Waals surface area contributed by atoms with Gasteiger partial charge in [-0.2, -0.15) is 13.2 Å². The maximum Gasteiger partial charge on any atom is 0.416 e. The lowest BCUT2D eigenvalue weighted by Crippen LogP contribution is -2.07. The van der Waals surface area contributed by atoms with Crippen LogP contribution in [0.2, 0.25) is 0 Å². The van der Waals surface area contributed by atoms with Crippen molar-refractivity contribution in [2.45, 2.75) is 12.6 Å². The molecule has 0 spiro atoms. The molecule has 2 N–H and O–H groups in total. The fourth-order valence-corrected chi connectivity index (χ4v) is 1.75. The van der Waals surface area contributed by atoms with Crippen LogP contribution in [0, 0.1) is 0 Å². The van der Waals surface area contributed by atoms with Gasteiger partial charge in [0.05, 0.1) is 5.56 Å². The SMILES string of the molecule is Nc1cc(C(F)(F)F)ccc1Cc1ccccc1. The lowest BCUT2D eigenvalue weighted by molar-refractivity contribution is -0.137. The molecule has 0 bridgehead atoms. The Bertz CT molecular complexity index is 532. The van der Waals surface area contributed by atoms with Crippen molar-refractivity contribution >= 4 is 5.69 Å². The van der Waals surface area contributed by atoms with Crippen molar-refractivity contribution in [1.29, 1.82) is 0 Å². The summed E-state index contributed by atoms with van der Waals surface area (Å²) in [6, 6.07) is 13.0. The molecule has 0 aromatic heterocycles. The molecule has 94 valence electrons. The summed E-state index contributed by atoms with van der Waals surface area (Å²) in [5, 5.41) is 0. The van der Waals surface area contributed by atoms with Gasteiger partial charge >= 0.3 is 6.18 Å². The fourth-order valence-electron chi connectivity index (χ4n) is 1.75. The van der Waals surface area contributed by atoms with E-state index < -0.39 is 11.7 Å². The predicted octanol–water partition coefficient (Wildman–Crippen LogP) is 3.88. The molecular formula is C14H12F3N. The van der Waals surface area contributed by atoms with Gasteiger partial charge < -0.3 is 5.73 Å². The number of halogens is 3. The van der Waals surface area contributed by atoms with Crippen molar-refractivity contribution in [1.82, 2.24) is 0 Å². The van der Waals surface area contributed by atoms with E-state index in [1.165, 1.54) is 6.07 Å². The molecule has 0 radical (unpaired) electrons. The van der Waals surface area contributed by atoms with E-state index in [4.69, 9.17) is 5.73 Å². The van der Waals surface area contributed by atoms with Crippen molar-refractivity contribution in [3.8, 4) is 0 Å². The van der Waals surface area contributed by atoms with Gasteiger partial charge in [0.25, 0.3) is 0 Å². The van der Waals surface area contributed by atoms with Crippen molar-refractivity contribution in [3.63, 3.8) is 0 Å². The molecule has 2 rings (SSSR count). The summed E-state index contributed by atoms with van der Waals surface area (Å²) >= 11 is 0. The van der Waals surface area contributed by atoms with Crippen LogP contribution in [0.5, 0.6) is 0 Å². The maximum absolute atomic E-state index is 12.5. The molecule has 0 aliphatic rings. The van der Waals surface area contributed by atoms with Crippen LogP contribution in [0.3, 0.4) is 0 Å². The van der Waals surface area contributed by atoms with Gasteiger partial charge in [0.2, 0.25) is 0 Å². The predicted molar refractivity (Wildman–Crippen MR) is 65.1 cm³/mol. The molecule has 0 saturated carbocycles. The Morgan fingerprint density at radius 1 is 0.944 bits per heavy atom. The number of nitrogens with two attached hydrogens (primary N) is 1. The van der Waals surface area contributed by atoms with Crippen LogP contribution in [0.4, 0.5) is 18.9 Å². The van der Waals surface area contributed by atoms with Crippen LogP contribution in [-0.4, -0.2) is 0 Å². The zero-order valence-electron chi connectivity index (χ0n) is 9.54. The van der Waals surface area contributed by atoms with Crippen molar-refractivity contribution in [3.05, 3.63) is 65.2 Å². The van der Waals surface area contributed by atoms with Crippen LogP contribution in [0.1, 0.15) is 16.7 Å². The zero-order chi connectivity index (χ0) is 13.2. The monoisotopic (exact) mass is 251 g/mol. The van der Waals surface area contributed by atoms with Crippen molar-refractivity contribution in [2.75, 3.05) is 5.73 Å². The minimum Gasteiger partial charge on any atom is -0.398 e. The zero-order valence-corrected chi connectivity index (χ0v) is 9.54. The van der Waals surface area contributed by atoms with E-state index in [0.29, 0.717) is 12.0 Å². The lowest BCUT2D eigenvalue weighted by atomic mass is 10.0. The third kappa shape index (κ3) is 2.83. The van der Waals surface area contributed by atoms with Crippen LogP contribution >= 0.6 is 0 Å². The van der Waals surface area contributed by atoms with E-state index in [1.807, 2.05) is 30.3 Å². The Balaban J connectivity index is 2.26. The Hall–Kier alpha value is -1.97. The van der Waals surface area contributed by atoms with Gasteiger partial charge in [-0.25, -0.2) is 0 Å². The third-order valence-electron chi connectivity index (χ3n) is 2.71. The summed E-state index contributed by atoms with van der Waals surface area (Å²) in [7, 11) is 0. The van der Waals surface area contributed by atoms with Gasteiger partial charge in [0.15, 0.2) is 0 Å². The highest BCUT2D eigenvalue weighted by molar-refractivity contribution is 5.51. The molecule has 4 heteroatoms. The topological polar surface area (TPSA) is 26.0 Å². The quantitative estimate of drug-likeness (QED) is 0.805. The molecule has 2 aromatic rings. The molecular weight excluding hydrogens is 239 g/mol. The largest absolute Gasteiger partial charge is 0.416 e. The van der Waals surface area contributed by atoms with E-state index in [0.717, 1.165) is 17.7 Å². The first kappa shape index (κ1) is 12.5. The van der Waals surface area contributed by atoms with Gasteiger partial charge in [-0.1, -0.05) is 36.4 Å². The number of benzene rings is 2. The highest BCUT2D eigenvalue weighted by Gasteiger charge is 2.30. The summed E-state index contributed by atoms with van der Waals surface area (Å²) < 4.78 is 37.4. The Morgan fingerprint density at radius 2 is 1.61 bits per heavy atom. The molecule has 2 aromatic carbocycles. The van der Waals surface area contributed by atoms with Gasteiger partial charge in [0, 0.05) is 5.69 Å². The van der Waals surface area contributed by atoms with E-state index in [2.05, 4.69) is 0 Å². The Morgan fingerprint density at radius 3 is 2.17 bits per heavy atom. The highest BCUT2D eigenvalue weighted by Crippen LogP contribution is 2.31. The van der Waals surface area contributed by atoms with E-state index >= 15 is 0 Å². The number of alkyl halides is 3. The van der Waals surface area contributed by atoms with Crippen LogP contribution in [-0.2, 0) is 12.6 Å². The minimum absolute atomic E-state index is 0.175. The van der Waals surface area contributed by atoms with Crippen molar-refractivity contribution < 1.29 is 13.2 Å². The summed E-state index contributed by atoms with van der Waals surface area (Å²) in [6.07, 6.45) is -3.82. The van der Waals surface area contributed by atoms with Crippen molar-refractivity contribution in [2.24, 2.45) is 0 Å². The molecule has 0 atom stereocenters. The second kappa shape index (κ2) is 4.72. The van der Waals surface area contributed by atoms with Gasteiger partial charge in [-0.05, 0) is 29.7 Å². The smallest absolute Gasteiger partial charge is 0.398 e. The molecule has 0 aliphatic carbocycles. The summed E-state index contributed by atoms with van der Waals surface area (Å²) in [4.78, 5) is 0. The average Bonchev–Trinajstić information content (AvgIpc) is 2.32. The number of rotatable bonds is 2. The number of hydrogen-bond donors (Lipinski definition) is 1. The molecule has 0 aliphatic heterocycles. The Labute approximate surface area is 103 Å². The number of anilines is 1. The normalized spacial score (nSPS) is 11.5. The average molecular weight is 251 g/mol. The maximum atomic E-state index is 12.5.